The summed E-state index contributed by atoms with van der Waals surface area (Å²) in [5.41, 5.74) is -0.994. The number of aliphatic hydroxyl groups excluding tert-OH is 1. The standard InChI is InChI=1S/C18H19F3N2O4S/c1-10-15(28(25,26)23-12-5-3-4-6-14(12)27-2)8-7-13-17(10)11(18(19,20)21)9-16(24)22-13/h3-10,15-16,22-24H,1-2H3. The van der Waals surface area contributed by atoms with Crippen molar-refractivity contribution in [2.24, 2.45) is 5.92 Å². The molecule has 28 heavy (non-hydrogen) atoms. The largest absolute Gasteiger partial charge is 0.495 e. The van der Waals surface area contributed by atoms with Gasteiger partial charge >= 0.3 is 6.18 Å². The van der Waals surface area contributed by atoms with Crippen LogP contribution in [0.2, 0.25) is 0 Å². The molecule has 3 atom stereocenters. The molecule has 1 aliphatic carbocycles. The fourth-order valence-corrected chi connectivity index (χ4v) is 4.96. The maximum Gasteiger partial charge on any atom is 0.416 e. The van der Waals surface area contributed by atoms with Crippen molar-refractivity contribution in [3.05, 3.63) is 59.3 Å². The lowest BCUT2D eigenvalue weighted by Crippen LogP contribution is -2.42. The highest BCUT2D eigenvalue weighted by Gasteiger charge is 2.45. The number of anilines is 1. The summed E-state index contributed by atoms with van der Waals surface area (Å²) < 4.78 is 73.8. The first-order valence-electron chi connectivity index (χ1n) is 8.35. The first kappa shape index (κ1) is 20.3. The maximum atomic E-state index is 13.5. The molecule has 0 fully saturated rings. The molecule has 1 aliphatic heterocycles. The van der Waals surface area contributed by atoms with Crippen molar-refractivity contribution >= 4 is 15.7 Å². The lowest BCUT2D eigenvalue weighted by atomic mass is 9.83. The topological polar surface area (TPSA) is 87.7 Å². The number of benzene rings is 1. The molecule has 6 nitrogen and oxygen atoms in total. The van der Waals surface area contributed by atoms with Gasteiger partial charge in [-0.05, 0) is 29.9 Å². The summed E-state index contributed by atoms with van der Waals surface area (Å²) in [6.07, 6.45) is -3.03. The van der Waals surface area contributed by atoms with E-state index in [9.17, 15) is 26.7 Å². The summed E-state index contributed by atoms with van der Waals surface area (Å²) in [6, 6.07) is 6.34. The molecule has 3 unspecified atom stereocenters. The van der Waals surface area contributed by atoms with E-state index in [4.69, 9.17) is 4.74 Å². The Labute approximate surface area is 160 Å². The highest BCUT2D eigenvalue weighted by Crippen LogP contribution is 2.43. The number of allylic oxidation sites excluding steroid dienone is 3. The maximum absolute atomic E-state index is 13.5. The summed E-state index contributed by atoms with van der Waals surface area (Å²) in [7, 11) is -2.71. The molecule has 0 saturated heterocycles. The monoisotopic (exact) mass is 416 g/mol. The van der Waals surface area contributed by atoms with E-state index in [-0.39, 0.29) is 22.7 Å². The van der Waals surface area contributed by atoms with Crippen LogP contribution < -0.4 is 14.8 Å². The second-order valence-electron chi connectivity index (χ2n) is 6.45. The molecule has 3 N–H and O–H groups in total. The first-order chi connectivity index (χ1) is 13.0. The average Bonchev–Trinajstić information content (AvgIpc) is 2.60. The molecule has 0 spiro atoms. The van der Waals surface area contributed by atoms with Crippen LogP contribution in [0.3, 0.4) is 0 Å². The fourth-order valence-electron chi connectivity index (χ4n) is 3.39. The van der Waals surface area contributed by atoms with E-state index in [2.05, 4.69) is 10.0 Å². The molecule has 152 valence electrons. The summed E-state index contributed by atoms with van der Waals surface area (Å²) in [5.74, 6) is -0.725. The minimum Gasteiger partial charge on any atom is -0.495 e. The van der Waals surface area contributed by atoms with Crippen LogP contribution in [0.15, 0.2) is 59.3 Å². The third kappa shape index (κ3) is 3.74. The number of alkyl halides is 3. The Hall–Kier alpha value is -2.46. The van der Waals surface area contributed by atoms with E-state index in [1.54, 1.807) is 18.2 Å². The Morgan fingerprint density at radius 1 is 1.25 bits per heavy atom. The van der Waals surface area contributed by atoms with Gasteiger partial charge in [-0.2, -0.15) is 13.2 Å². The minimum absolute atomic E-state index is 0.0542. The van der Waals surface area contributed by atoms with Gasteiger partial charge in [0.05, 0.1) is 18.4 Å². The van der Waals surface area contributed by atoms with Gasteiger partial charge in [-0.3, -0.25) is 4.72 Å². The van der Waals surface area contributed by atoms with Crippen molar-refractivity contribution in [1.29, 1.82) is 0 Å². The van der Waals surface area contributed by atoms with Crippen LogP contribution in [0.4, 0.5) is 18.9 Å². The SMILES string of the molecule is COc1ccccc1NS(=O)(=O)C1C=CC2=C(C(C(F)(F)F)=CC(O)N2)C1C. The highest BCUT2D eigenvalue weighted by molar-refractivity contribution is 7.93. The highest BCUT2D eigenvalue weighted by atomic mass is 32.2. The van der Waals surface area contributed by atoms with Gasteiger partial charge in [-0.15, -0.1) is 0 Å². The van der Waals surface area contributed by atoms with Crippen LogP contribution in [-0.2, 0) is 10.0 Å². The van der Waals surface area contributed by atoms with E-state index < -0.39 is 39.2 Å². The lowest BCUT2D eigenvalue weighted by molar-refractivity contribution is -0.0917. The molecule has 3 rings (SSSR count). The van der Waals surface area contributed by atoms with Gasteiger partial charge in [-0.25, -0.2) is 8.42 Å². The summed E-state index contributed by atoms with van der Waals surface area (Å²) >= 11 is 0. The Kier molecular flexibility index (Phi) is 5.20. The molecule has 10 heteroatoms. The van der Waals surface area contributed by atoms with Crippen molar-refractivity contribution < 1.29 is 31.4 Å². The Bertz CT molecular complexity index is 967. The second kappa shape index (κ2) is 7.17. The van der Waals surface area contributed by atoms with Crippen LogP contribution in [0.5, 0.6) is 5.75 Å². The van der Waals surface area contributed by atoms with Gasteiger partial charge in [0.15, 0.2) is 0 Å². The lowest BCUT2D eigenvalue weighted by Gasteiger charge is -2.35. The Morgan fingerprint density at radius 2 is 1.93 bits per heavy atom. The third-order valence-electron chi connectivity index (χ3n) is 4.63. The molecule has 2 aliphatic rings. The average molecular weight is 416 g/mol. The molecule has 0 aromatic heterocycles. The van der Waals surface area contributed by atoms with Crippen LogP contribution in [0, 0.1) is 5.92 Å². The smallest absolute Gasteiger partial charge is 0.416 e. The van der Waals surface area contributed by atoms with Crippen molar-refractivity contribution in [3.63, 3.8) is 0 Å². The van der Waals surface area contributed by atoms with Crippen molar-refractivity contribution in [2.75, 3.05) is 11.8 Å². The quantitative estimate of drug-likeness (QED) is 0.703. The van der Waals surface area contributed by atoms with Gasteiger partial charge in [-0.1, -0.05) is 25.1 Å². The van der Waals surface area contributed by atoms with E-state index in [1.165, 1.54) is 32.3 Å². The van der Waals surface area contributed by atoms with E-state index in [0.29, 0.717) is 6.08 Å². The van der Waals surface area contributed by atoms with Gasteiger partial charge in [0.25, 0.3) is 0 Å². The zero-order chi connectivity index (χ0) is 20.7. The van der Waals surface area contributed by atoms with E-state index >= 15 is 0 Å². The summed E-state index contributed by atoms with van der Waals surface area (Å²) in [6.45, 7) is 1.41. The molecule has 0 bridgehead atoms. The number of sulfonamides is 1. The normalized spacial score (nSPS) is 24.9. The molecule has 1 aromatic rings. The molecule has 1 heterocycles. The molecule has 1 aromatic carbocycles. The molecular formula is C18H19F3N2O4S. The number of hydrogen-bond donors (Lipinski definition) is 3. The Balaban J connectivity index is 1.96. The van der Waals surface area contributed by atoms with E-state index in [1.807, 2.05) is 0 Å². The van der Waals surface area contributed by atoms with Gasteiger partial charge in [0.1, 0.15) is 17.2 Å². The number of halogens is 3. The third-order valence-corrected chi connectivity index (χ3v) is 6.42. The number of nitrogens with one attached hydrogen (secondary N) is 2. The fraction of sp³-hybridized carbons (Fsp3) is 0.333. The number of rotatable bonds is 4. The van der Waals surface area contributed by atoms with Gasteiger partial charge < -0.3 is 15.2 Å². The van der Waals surface area contributed by atoms with E-state index in [0.717, 1.165) is 0 Å². The van der Waals surface area contributed by atoms with Crippen LogP contribution in [0.25, 0.3) is 0 Å². The minimum atomic E-state index is -4.73. The zero-order valence-electron chi connectivity index (χ0n) is 15.0. The van der Waals surface area contributed by atoms with Crippen LogP contribution in [-0.4, -0.2) is 38.3 Å². The molecule has 0 amide bonds. The Morgan fingerprint density at radius 3 is 2.57 bits per heavy atom. The number of hydrogen-bond acceptors (Lipinski definition) is 5. The van der Waals surface area contributed by atoms with Gasteiger partial charge in [0, 0.05) is 11.6 Å². The summed E-state index contributed by atoms with van der Waals surface area (Å²) in [4.78, 5) is 0. The zero-order valence-corrected chi connectivity index (χ0v) is 15.8. The number of methoxy groups -OCH3 is 1. The van der Waals surface area contributed by atoms with Crippen molar-refractivity contribution in [2.45, 2.75) is 24.6 Å². The first-order valence-corrected chi connectivity index (χ1v) is 9.90. The van der Waals surface area contributed by atoms with Crippen LogP contribution >= 0.6 is 0 Å². The second-order valence-corrected chi connectivity index (χ2v) is 8.29. The predicted octanol–water partition coefficient (Wildman–Crippen LogP) is 2.68. The van der Waals surface area contributed by atoms with Crippen molar-refractivity contribution in [3.8, 4) is 5.75 Å². The van der Waals surface area contributed by atoms with Crippen LogP contribution in [0.1, 0.15) is 6.92 Å². The molecular weight excluding hydrogens is 397 g/mol. The number of ether oxygens (including phenoxy) is 1. The summed E-state index contributed by atoms with van der Waals surface area (Å²) in [5, 5.41) is 10.9. The predicted molar refractivity (Wildman–Crippen MR) is 97.9 cm³/mol. The van der Waals surface area contributed by atoms with Crippen molar-refractivity contribution in [1.82, 2.24) is 5.32 Å². The number of para-hydroxylation sites is 2. The molecule has 0 radical (unpaired) electrons. The number of dihydropyridines is 1. The molecule has 0 saturated carbocycles. The van der Waals surface area contributed by atoms with Gasteiger partial charge in [0.2, 0.25) is 10.0 Å². The number of aliphatic hydroxyl groups is 1.